The maximum atomic E-state index is 12.3. The average molecular weight is 567 g/mol. The van der Waals surface area contributed by atoms with Crippen LogP contribution in [0, 0.1) is 11.8 Å². The molecule has 4 nitrogen and oxygen atoms in total. The van der Waals surface area contributed by atoms with Gasteiger partial charge in [-0.15, -0.1) is 0 Å². The lowest BCUT2D eigenvalue weighted by atomic mass is 9.90. The molecular formula is C36H70O4. The van der Waals surface area contributed by atoms with Crippen molar-refractivity contribution in [3.05, 3.63) is 0 Å². The summed E-state index contributed by atoms with van der Waals surface area (Å²) in [6.07, 6.45) is 31.8. The van der Waals surface area contributed by atoms with Gasteiger partial charge in [0.05, 0.1) is 19.1 Å². The monoisotopic (exact) mass is 567 g/mol. The van der Waals surface area contributed by atoms with Crippen molar-refractivity contribution < 1.29 is 19.1 Å². The first-order valence-corrected chi connectivity index (χ1v) is 17.8. The minimum Gasteiger partial charge on any atom is -0.466 e. The summed E-state index contributed by atoms with van der Waals surface area (Å²) in [5, 5.41) is 0. The Morgan fingerprint density at radius 3 is 1.32 bits per heavy atom. The lowest BCUT2D eigenvalue weighted by Crippen LogP contribution is -2.22. The van der Waals surface area contributed by atoms with Gasteiger partial charge >= 0.3 is 11.9 Å². The Labute approximate surface area is 250 Å². The molecule has 40 heavy (non-hydrogen) atoms. The highest BCUT2D eigenvalue weighted by molar-refractivity contribution is 5.72. The maximum Gasteiger partial charge on any atom is 0.308 e. The Kier molecular flexibility index (Phi) is 30.1. The zero-order valence-electron chi connectivity index (χ0n) is 27.6. The van der Waals surface area contributed by atoms with E-state index in [-0.39, 0.29) is 17.9 Å². The summed E-state index contributed by atoms with van der Waals surface area (Å²) in [4.78, 5) is 24.0. The van der Waals surface area contributed by atoms with Crippen molar-refractivity contribution in [2.75, 3.05) is 13.2 Å². The Morgan fingerprint density at radius 1 is 0.475 bits per heavy atom. The van der Waals surface area contributed by atoms with Gasteiger partial charge in [0.1, 0.15) is 0 Å². The van der Waals surface area contributed by atoms with Gasteiger partial charge in [0, 0.05) is 6.42 Å². The summed E-state index contributed by atoms with van der Waals surface area (Å²) in [5.74, 6) is 0.442. The molecule has 0 saturated heterocycles. The van der Waals surface area contributed by atoms with Crippen molar-refractivity contribution in [3.8, 4) is 0 Å². The fourth-order valence-electron chi connectivity index (χ4n) is 5.31. The number of rotatable bonds is 31. The van der Waals surface area contributed by atoms with E-state index in [0.717, 1.165) is 32.1 Å². The second kappa shape index (κ2) is 30.9. The lowest BCUT2D eigenvalue weighted by molar-refractivity contribution is -0.150. The van der Waals surface area contributed by atoms with Crippen LogP contribution in [0.4, 0.5) is 0 Å². The van der Waals surface area contributed by atoms with E-state index in [2.05, 4.69) is 20.8 Å². The number of esters is 2. The summed E-state index contributed by atoms with van der Waals surface area (Å²) in [5.41, 5.74) is 0. The molecule has 0 aliphatic rings. The van der Waals surface area contributed by atoms with Crippen LogP contribution in [0.15, 0.2) is 0 Å². The van der Waals surface area contributed by atoms with Crippen molar-refractivity contribution in [1.82, 2.24) is 0 Å². The molecule has 0 saturated carbocycles. The molecule has 0 bridgehead atoms. The maximum absolute atomic E-state index is 12.3. The van der Waals surface area contributed by atoms with E-state index >= 15 is 0 Å². The normalized spacial score (nSPS) is 12.8. The molecule has 0 N–H and O–H groups in total. The molecule has 0 aromatic rings. The average Bonchev–Trinajstić information content (AvgIpc) is 2.95. The Hall–Kier alpha value is -1.06. The Bertz CT molecular complexity index is 547. The van der Waals surface area contributed by atoms with Crippen LogP contribution in [0.3, 0.4) is 0 Å². The van der Waals surface area contributed by atoms with Gasteiger partial charge in [-0.05, 0) is 31.6 Å². The molecule has 0 spiro atoms. The first kappa shape index (κ1) is 38.9. The number of unbranched alkanes of at least 4 members (excludes halogenated alkanes) is 21. The Balaban J connectivity index is 3.37. The van der Waals surface area contributed by atoms with Crippen LogP contribution in [0.2, 0.25) is 0 Å². The van der Waals surface area contributed by atoms with Gasteiger partial charge in [-0.1, -0.05) is 163 Å². The van der Waals surface area contributed by atoms with Crippen molar-refractivity contribution >= 4 is 11.9 Å². The quantitative estimate of drug-likeness (QED) is 0.0618. The van der Waals surface area contributed by atoms with Crippen LogP contribution in [-0.4, -0.2) is 25.2 Å². The molecule has 2 unspecified atom stereocenters. The molecule has 0 aliphatic heterocycles. The third-order valence-corrected chi connectivity index (χ3v) is 8.52. The zero-order chi connectivity index (χ0) is 29.5. The highest BCUT2D eigenvalue weighted by atomic mass is 16.5. The van der Waals surface area contributed by atoms with Gasteiger partial charge in [-0.25, -0.2) is 0 Å². The molecule has 2 atom stereocenters. The summed E-state index contributed by atoms with van der Waals surface area (Å²) in [6.45, 7) is 9.89. The van der Waals surface area contributed by atoms with Crippen molar-refractivity contribution in [2.45, 2.75) is 195 Å². The van der Waals surface area contributed by atoms with E-state index in [1.165, 1.54) is 128 Å². The van der Waals surface area contributed by atoms with E-state index in [1.807, 2.05) is 6.92 Å². The fraction of sp³-hybridized carbons (Fsp3) is 0.944. The minimum absolute atomic E-state index is 0.000300. The van der Waals surface area contributed by atoms with Crippen LogP contribution in [0.1, 0.15) is 195 Å². The second-order valence-corrected chi connectivity index (χ2v) is 12.5. The zero-order valence-corrected chi connectivity index (χ0v) is 27.6. The van der Waals surface area contributed by atoms with E-state index in [1.54, 1.807) is 0 Å². The molecule has 0 aliphatic carbocycles. The highest BCUT2D eigenvalue weighted by Gasteiger charge is 2.21. The third kappa shape index (κ3) is 27.1. The Morgan fingerprint density at radius 2 is 0.850 bits per heavy atom. The molecule has 0 heterocycles. The molecule has 0 aromatic heterocycles. The van der Waals surface area contributed by atoms with Crippen molar-refractivity contribution in [3.63, 3.8) is 0 Å². The predicted octanol–water partition coefficient (Wildman–Crippen LogP) is 11.5. The van der Waals surface area contributed by atoms with Gasteiger partial charge in [-0.2, -0.15) is 0 Å². The first-order chi connectivity index (χ1) is 19.5. The minimum atomic E-state index is 0.000300. The number of carbonyl (C=O) groups is 2. The molecule has 0 fully saturated rings. The van der Waals surface area contributed by atoms with Crippen LogP contribution in [0.5, 0.6) is 0 Å². The lowest BCUT2D eigenvalue weighted by Gasteiger charge is -2.18. The van der Waals surface area contributed by atoms with Gasteiger partial charge < -0.3 is 9.47 Å². The van der Waals surface area contributed by atoms with E-state index < -0.39 is 0 Å². The molecule has 0 amide bonds. The van der Waals surface area contributed by atoms with Gasteiger partial charge in [0.25, 0.3) is 0 Å². The number of hydrogen-bond acceptors (Lipinski definition) is 4. The summed E-state index contributed by atoms with van der Waals surface area (Å²) < 4.78 is 10.8. The topological polar surface area (TPSA) is 52.6 Å². The van der Waals surface area contributed by atoms with Crippen LogP contribution in [-0.2, 0) is 19.1 Å². The van der Waals surface area contributed by atoms with Crippen LogP contribution < -0.4 is 0 Å². The molecule has 0 aromatic carbocycles. The smallest absolute Gasteiger partial charge is 0.308 e. The van der Waals surface area contributed by atoms with E-state index in [0.29, 0.717) is 25.6 Å². The predicted molar refractivity (Wildman–Crippen MR) is 172 cm³/mol. The highest BCUT2D eigenvalue weighted by Crippen LogP contribution is 2.21. The number of hydrogen-bond donors (Lipinski definition) is 0. The first-order valence-electron chi connectivity index (χ1n) is 17.8. The summed E-state index contributed by atoms with van der Waals surface area (Å²) >= 11 is 0. The molecule has 238 valence electrons. The van der Waals surface area contributed by atoms with Gasteiger partial charge in [-0.3, -0.25) is 9.59 Å². The van der Waals surface area contributed by atoms with E-state index in [4.69, 9.17) is 9.47 Å². The van der Waals surface area contributed by atoms with Crippen molar-refractivity contribution in [2.24, 2.45) is 11.8 Å². The van der Waals surface area contributed by atoms with Crippen LogP contribution >= 0.6 is 0 Å². The molecule has 4 heteroatoms. The molecule has 0 radical (unpaired) electrons. The van der Waals surface area contributed by atoms with Crippen LogP contribution in [0.25, 0.3) is 0 Å². The molecule has 0 rings (SSSR count). The third-order valence-electron chi connectivity index (χ3n) is 8.52. The summed E-state index contributed by atoms with van der Waals surface area (Å²) in [6, 6.07) is 0. The second-order valence-electron chi connectivity index (χ2n) is 12.5. The molecular weight excluding hydrogens is 496 g/mol. The standard InChI is InChI=1S/C36H70O4/c1-5-7-9-23-27-31-39-35(37)30-26-22-20-18-16-14-12-11-13-15-17-19-21-25-29-33(3)34(4)36(38)40-32-28-24-10-8-6-2/h33-34H,5-32H2,1-4H3. The van der Waals surface area contributed by atoms with Gasteiger partial charge in [0.2, 0.25) is 0 Å². The van der Waals surface area contributed by atoms with E-state index in [9.17, 15) is 9.59 Å². The SMILES string of the molecule is CCCCCCCOC(=O)CCCCCCCCCCCCCCCCC(C)C(C)C(=O)OCCCCCCC. The number of ether oxygens (including phenoxy) is 2. The number of carbonyl (C=O) groups excluding carboxylic acids is 2. The summed E-state index contributed by atoms with van der Waals surface area (Å²) in [7, 11) is 0. The van der Waals surface area contributed by atoms with Crippen molar-refractivity contribution in [1.29, 1.82) is 0 Å². The van der Waals surface area contributed by atoms with Gasteiger partial charge in [0.15, 0.2) is 0 Å². The largest absolute Gasteiger partial charge is 0.466 e. The fourth-order valence-corrected chi connectivity index (χ4v) is 5.31.